The highest BCUT2D eigenvalue weighted by Gasteiger charge is 2.10. The minimum atomic E-state index is 0.232. The molecular formula is C15H24O2. The number of phenols is 2. The number of unbranched alkanes of at least 4 members (excludes halogenated alkanes) is 4. The molecule has 0 heterocycles. The second-order valence-electron chi connectivity index (χ2n) is 4.85. The molecule has 0 bridgehead atoms. The Labute approximate surface area is 104 Å². The van der Waals surface area contributed by atoms with Gasteiger partial charge in [0, 0.05) is 5.56 Å². The summed E-state index contributed by atoms with van der Waals surface area (Å²) < 4.78 is 0. The lowest BCUT2D eigenvalue weighted by molar-refractivity contribution is 0.445. The summed E-state index contributed by atoms with van der Waals surface area (Å²) in [5, 5.41) is 19.2. The molecule has 0 saturated heterocycles. The van der Waals surface area contributed by atoms with Crippen LogP contribution in [0.5, 0.6) is 11.5 Å². The Hall–Kier alpha value is -1.18. The van der Waals surface area contributed by atoms with Crippen molar-refractivity contribution in [3.05, 3.63) is 23.8 Å². The first-order chi connectivity index (χ1) is 8.15. The molecular weight excluding hydrogens is 212 g/mol. The molecule has 0 saturated carbocycles. The summed E-state index contributed by atoms with van der Waals surface area (Å²) in [6.07, 6.45) is 7.40. The Balaban J connectivity index is 2.41. The fourth-order valence-corrected chi connectivity index (χ4v) is 2.15. The molecule has 0 aliphatic heterocycles. The van der Waals surface area contributed by atoms with E-state index in [2.05, 4.69) is 13.8 Å². The minimum Gasteiger partial charge on any atom is -0.508 e. The van der Waals surface area contributed by atoms with Crippen LogP contribution in [-0.2, 0) is 0 Å². The third-order valence-corrected chi connectivity index (χ3v) is 3.28. The smallest absolute Gasteiger partial charge is 0.119 e. The molecule has 1 aromatic rings. The molecule has 2 heteroatoms. The van der Waals surface area contributed by atoms with Gasteiger partial charge in [0.25, 0.3) is 0 Å². The quantitative estimate of drug-likeness (QED) is 0.538. The Morgan fingerprint density at radius 3 is 2.47 bits per heavy atom. The summed E-state index contributed by atoms with van der Waals surface area (Å²) >= 11 is 0. The van der Waals surface area contributed by atoms with Crippen molar-refractivity contribution in [1.82, 2.24) is 0 Å². The number of rotatable bonds is 7. The van der Waals surface area contributed by atoms with Crippen LogP contribution in [-0.4, -0.2) is 10.2 Å². The Morgan fingerprint density at radius 2 is 1.76 bits per heavy atom. The normalized spacial score (nSPS) is 12.6. The molecule has 1 atom stereocenters. The largest absolute Gasteiger partial charge is 0.508 e. The highest BCUT2D eigenvalue weighted by molar-refractivity contribution is 5.40. The molecule has 96 valence electrons. The Kier molecular flexibility index (Phi) is 5.88. The van der Waals surface area contributed by atoms with Gasteiger partial charge in [-0.1, -0.05) is 46.0 Å². The van der Waals surface area contributed by atoms with Crippen LogP contribution in [0, 0.1) is 0 Å². The van der Waals surface area contributed by atoms with Gasteiger partial charge in [-0.2, -0.15) is 0 Å². The van der Waals surface area contributed by atoms with Gasteiger partial charge in [-0.25, -0.2) is 0 Å². The van der Waals surface area contributed by atoms with Crippen molar-refractivity contribution >= 4 is 0 Å². The fraction of sp³-hybridized carbons (Fsp3) is 0.600. The van der Waals surface area contributed by atoms with E-state index in [1.807, 2.05) is 0 Å². The molecule has 0 aromatic heterocycles. The summed E-state index contributed by atoms with van der Waals surface area (Å²) in [6.45, 7) is 4.32. The van der Waals surface area contributed by atoms with Gasteiger partial charge in [0.15, 0.2) is 0 Å². The van der Waals surface area contributed by atoms with Crippen molar-refractivity contribution in [2.24, 2.45) is 0 Å². The first kappa shape index (κ1) is 13.9. The predicted octanol–water partition coefficient (Wildman–Crippen LogP) is 4.56. The van der Waals surface area contributed by atoms with Crippen molar-refractivity contribution in [1.29, 1.82) is 0 Å². The summed E-state index contributed by atoms with van der Waals surface area (Å²) in [4.78, 5) is 0. The molecule has 2 N–H and O–H groups in total. The lowest BCUT2D eigenvalue weighted by Crippen LogP contribution is -1.94. The average Bonchev–Trinajstić information content (AvgIpc) is 2.32. The summed E-state index contributed by atoms with van der Waals surface area (Å²) in [7, 11) is 0. The maximum atomic E-state index is 9.74. The van der Waals surface area contributed by atoms with Crippen LogP contribution in [0.1, 0.15) is 63.9 Å². The molecule has 1 unspecified atom stereocenters. The second kappa shape index (κ2) is 7.21. The third kappa shape index (κ3) is 4.68. The summed E-state index contributed by atoms with van der Waals surface area (Å²) in [6, 6.07) is 4.76. The average molecular weight is 236 g/mol. The zero-order chi connectivity index (χ0) is 12.7. The second-order valence-corrected chi connectivity index (χ2v) is 4.85. The first-order valence-corrected chi connectivity index (χ1v) is 6.67. The maximum absolute atomic E-state index is 9.74. The maximum Gasteiger partial charge on any atom is 0.119 e. The number of benzene rings is 1. The molecule has 0 spiro atoms. The predicted molar refractivity (Wildman–Crippen MR) is 71.6 cm³/mol. The van der Waals surface area contributed by atoms with Gasteiger partial charge in [0.05, 0.1) is 0 Å². The van der Waals surface area contributed by atoms with Crippen LogP contribution in [0.15, 0.2) is 18.2 Å². The van der Waals surface area contributed by atoms with Crippen molar-refractivity contribution < 1.29 is 10.2 Å². The van der Waals surface area contributed by atoms with Gasteiger partial charge in [-0.3, -0.25) is 0 Å². The van der Waals surface area contributed by atoms with E-state index in [0.717, 1.165) is 12.0 Å². The molecule has 0 radical (unpaired) electrons. The highest BCUT2D eigenvalue weighted by Crippen LogP contribution is 2.32. The molecule has 1 aromatic carbocycles. The highest BCUT2D eigenvalue weighted by atomic mass is 16.3. The van der Waals surface area contributed by atoms with Crippen LogP contribution in [0.3, 0.4) is 0 Å². The number of hydrogen-bond donors (Lipinski definition) is 2. The SMILES string of the molecule is CCCCCCCC(C)c1cc(O)ccc1O. The van der Waals surface area contributed by atoms with Crippen LogP contribution in [0.2, 0.25) is 0 Å². The minimum absolute atomic E-state index is 0.232. The standard InChI is InChI=1S/C15H24O2/c1-3-4-5-6-7-8-12(2)14-11-13(16)9-10-15(14)17/h9-12,16-17H,3-8H2,1-2H3. The lowest BCUT2D eigenvalue weighted by Gasteiger charge is -2.13. The topological polar surface area (TPSA) is 40.5 Å². The third-order valence-electron chi connectivity index (χ3n) is 3.28. The van der Waals surface area contributed by atoms with E-state index in [1.54, 1.807) is 12.1 Å². The number of hydrogen-bond acceptors (Lipinski definition) is 2. The molecule has 0 fully saturated rings. The van der Waals surface area contributed by atoms with Gasteiger partial charge >= 0.3 is 0 Å². The van der Waals surface area contributed by atoms with E-state index in [4.69, 9.17) is 0 Å². The number of phenolic OH excluding ortho intramolecular Hbond substituents is 2. The first-order valence-electron chi connectivity index (χ1n) is 6.67. The van der Waals surface area contributed by atoms with E-state index in [0.29, 0.717) is 11.7 Å². The lowest BCUT2D eigenvalue weighted by atomic mass is 9.94. The van der Waals surface area contributed by atoms with Crippen LogP contribution >= 0.6 is 0 Å². The van der Waals surface area contributed by atoms with Crippen molar-refractivity contribution in [2.45, 2.75) is 58.3 Å². The summed E-state index contributed by atoms with van der Waals surface area (Å²) in [5.74, 6) is 0.836. The molecule has 1 rings (SSSR count). The molecule has 0 amide bonds. The Bertz CT molecular complexity index is 334. The summed E-state index contributed by atoms with van der Waals surface area (Å²) in [5.41, 5.74) is 0.862. The zero-order valence-electron chi connectivity index (χ0n) is 10.9. The Morgan fingerprint density at radius 1 is 1.06 bits per heavy atom. The van der Waals surface area contributed by atoms with E-state index < -0.39 is 0 Å². The van der Waals surface area contributed by atoms with Gasteiger partial charge in [0.2, 0.25) is 0 Å². The fourth-order valence-electron chi connectivity index (χ4n) is 2.15. The van der Waals surface area contributed by atoms with E-state index in [-0.39, 0.29) is 5.75 Å². The van der Waals surface area contributed by atoms with E-state index in [1.165, 1.54) is 38.2 Å². The monoisotopic (exact) mass is 236 g/mol. The molecule has 2 nitrogen and oxygen atoms in total. The van der Waals surface area contributed by atoms with E-state index >= 15 is 0 Å². The van der Waals surface area contributed by atoms with Crippen LogP contribution in [0.4, 0.5) is 0 Å². The van der Waals surface area contributed by atoms with Crippen molar-refractivity contribution in [3.8, 4) is 11.5 Å². The zero-order valence-corrected chi connectivity index (χ0v) is 10.9. The van der Waals surface area contributed by atoms with Crippen molar-refractivity contribution in [3.63, 3.8) is 0 Å². The van der Waals surface area contributed by atoms with E-state index in [9.17, 15) is 10.2 Å². The molecule has 0 aliphatic carbocycles. The van der Waals surface area contributed by atoms with Crippen LogP contribution in [0.25, 0.3) is 0 Å². The molecule has 0 aliphatic rings. The number of aromatic hydroxyl groups is 2. The van der Waals surface area contributed by atoms with Gasteiger partial charge in [-0.05, 0) is 30.5 Å². The molecule has 17 heavy (non-hydrogen) atoms. The van der Waals surface area contributed by atoms with Crippen LogP contribution < -0.4 is 0 Å². The van der Waals surface area contributed by atoms with Gasteiger partial charge in [-0.15, -0.1) is 0 Å². The van der Waals surface area contributed by atoms with Gasteiger partial charge < -0.3 is 10.2 Å². The van der Waals surface area contributed by atoms with Gasteiger partial charge in [0.1, 0.15) is 11.5 Å². The van der Waals surface area contributed by atoms with Crippen molar-refractivity contribution in [2.75, 3.05) is 0 Å².